The summed E-state index contributed by atoms with van der Waals surface area (Å²) in [5.41, 5.74) is 5.10. The van der Waals surface area contributed by atoms with E-state index in [2.05, 4.69) is 28.0 Å². The number of aliphatic hydroxyl groups is 1. The second kappa shape index (κ2) is 6.78. The lowest BCUT2D eigenvalue weighted by molar-refractivity contribution is 0.200. The summed E-state index contributed by atoms with van der Waals surface area (Å²) in [5, 5.41) is 15.2. The van der Waals surface area contributed by atoms with Crippen molar-refractivity contribution in [1.82, 2.24) is 19.7 Å². The Bertz CT molecular complexity index is 859. The van der Waals surface area contributed by atoms with Crippen LogP contribution in [0.2, 0.25) is 0 Å². The number of hydrogen-bond acceptors (Lipinski definition) is 4. The third-order valence-electron chi connectivity index (χ3n) is 4.80. The van der Waals surface area contributed by atoms with Crippen molar-refractivity contribution in [3.63, 3.8) is 0 Å². The minimum atomic E-state index is -0.673. The van der Waals surface area contributed by atoms with E-state index in [1.807, 2.05) is 53.3 Å². The molecular formula is C20H22N4O. The lowest BCUT2D eigenvalue weighted by Gasteiger charge is -2.27. The molecule has 0 fully saturated rings. The number of pyridine rings is 1. The minimum Gasteiger partial charge on any atom is -0.382 e. The lowest BCUT2D eigenvalue weighted by Crippen LogP contribution is -2.33. The molecule has 0 spiro atoms. The van der Waals surface area contributed by atoms with E-state index >= 15 is 0 Å². The highest BCUT2D eigenvalue weighted by atomic mass is 16.3. The molecule has 4 rings (SSSR count). The molecular weight excluding hydrogens is 312 g/mol. The molecule has 0 aliphatic carbocycles. The van der Waals surface area contributed by atoms with Crippen LogP contribution in [0.15, 0.2) is 54.7 Å². The molecule has 1 aliphatic rings. The Morgan fingerprint density at radius 3 is 2.76 bits per heavy atom. The maximum atomic E-state index is 10.6. The SMILES string of the molecule is Cc1ncccc1CN1CCn2nc([C@H](O)c3ccccc3)cc2C1. The Hall–Kier alpha value is -2.50. The Balaban J connectivity index is 1.50. The fourth-order valence-corrected chi connectivity index (χ4v) is 3.34. The van der Waals surface area contributed by atoms with E-state index in [9.17, 15) is 5.11 Å². The predicted molar refractivity (Wildman–Crippen MR) is 95.8 cm³/mol. The van der Waals surface area contributed by atoms with Crippen LogP contribution >= 0.6 is 0 Å². The van der Waals surface area contributed by atoms with Gasteiger partial charge in [-0.05, 0) is 30.2 Å². The lowest BCUT2D eigenvalue weighted by atomic mass is 10.1. The van der Waals surface area contributed by atoms with Crippen molar-refractivity contribution in [2.24, 2.45) is 0 Å². The number of aromatic nitrogens is 3. The summed E-state index contributed by atoms with van der Waals surface area (Å²) in [5.74, 6) is 0. The van der Waals surface area contributed by atoms with E-state index in [1.54, 1.807) is 0 Å². The monoisotopic (exact) mass is 334 g/mol. The van der Waals surface area contributed by atoms with E-state index in [0.717, 1.165) is 48.8 Å². The summed E-state index contributed by atoms with van der Waals surface area (Å²) < 4.78 is 2.02. The molecule has 0 unspecified atom stereocenters. The molecule has 5 heteroatoms. The second-order valence-electron chi connectivity index (χ2n) is 6.56. The number of aliphatic hydroxyl groups excluding tert-OH is 1. The van der Waals surface area contributed by atoms with Crippen molar-refractivity contribution in [1.29, 1.82) is 0 Å². The van der Waals surface area contributed by atoms with Crippen LogP contribution in [0.3, 0.4) is 0 Å². The first-order valence-corrected chi connectivity index (χ1v) is 8.63. The number of rotatable bonds is 4. The zero-order valence-corrected chi connectivity index (χ0v) is 14.3. The summed E-state index contributed by atoms with van der Waals surface area (Å²) in [6, 6.07) is 15.8. The standard InChI is InChI=1S/C20H22N4O/c1-15-17(8-5-9-21-15)13-23-10-11-24-18(14-23)12-19(22-24)20(25)16-6-3-2-4-7-16/h2-9,12,20,25H,10-11,13-14H2,1H3/t20-/m1/s1. The van der Waals surface area contributed by atoms with Gasteiger partial charge in [0.25, 0.3) is 0 Å². The zero-order valence-electron chi connectivity index (χ0n) is 14.3. The van der Waals surface area contributed by atoms with Crippen molar-refractivity contribution < 1.29 is 5.11 Å². The normalized spacial score (nSPS) is 15.8. The van der Waals surface area contributed by atoms with Crippen molar-refractivity contribution >= 4 is 0 Å². The van der Waals surface area contributed by atoms with Gasteiger partial charge in [-0.3, -0.25) is 14.6 Å². The first-order chi connectivity index (χ1) is 12.2. The largest absolute Gasteiger partial charge is 0.382 e. The van der Waals surface area contributed by atoms with E-state index in [1.165, 1.54) is 5.56 Å². The van der Waals surface area contributed by atoms with Crippen molar-refractivity contribution in [3.8, 4) is 0 Å². The highest BCUT2D eigenvalue weighted by molar-refractivity contribution is 5.27. The van der Waals surface area contributed by atoms with Gasteiger partial charge in [0.1, 0.15) is 6.10 Å². The van der Waals surface area contributed by atoms with Gasteiger partial charge in [0.15, 0.2) is 0 Å². The molecule has 0 bridgehead atoms. The first-order valence-electron chi connectivity index (χ1n) is 8.63. The minimum absolute atomic E-state index is 0.673. The third-order valence-corrected chi connectivity index (χ3v) is 4.80. The van der Waals surface area contributed by atoms with Gasteiger partial charge in [-0.25, -0.2) is 0 Å². The molecule has 0 saturated heterocycles. The van der Waals surface area contributed by atoms with Gasteiger partial charge in [-0.1, -0.05) is 36.4 Å². The maximum absolute atomic E-state index is 10.6. The topological polar surface area (TPSA) is 54.2 Å². The van der Waals surface area contributed by atoms with Gasteiger partial charge in [0.05, 0.1) is 17.9 Å². The average Bonchev–Trinajstić information content (AvgIpc) is 3.07. The Kier molecular flexibility index (Phi) is 4.34. The highest BCUT2D eigenvalue weighted by Gasteiger charge is 2.22. The molecule has 3 heterocycles. The molecule has 1 aromatic carbocycles. The van der Waals surface area contributed by atoms with E-state index < -0.39 is 6.10 Å². The molecule has 25 heavy (non-hydrogen) atoms. The molecule has 128 valence electrons. The first kappa shape index (κ1) is 16.0. The molecule has 2 aromatic heterocycles. The number of fused-ring (bicyclic) bond motifs is 1. The fraction of sp³-hybridized carbons (Fsp3) is 0.300. The summed E-state index contributed by atoms with van der Waals surface area (Å²) in [6.45, 7) is 5.57. The smallest absolute Gasteiger partial charge is 0.123 e. The third kappa shape index (κ3) is 3.34. The summed E-state index contributed by atoms with van der Waals surface area (Å²) in [4.78, 5) is 6.78. The van der Waals surface area contributed by atoms with Crippen LogP contribution in [0.4, 0.5) is 0 Å². The molecule has 0 amide bonds. The average molecular weight is 334 g/mol. The Morgan fingerprint density at radius 1 is 1.12 bits per heavy atom. The summed E-state index contributed by atoms with van der Waals surface area (Å²) in [7, 11) is 0. The molecule has 1 N–H and O–H groups in total. The van der Waals surface area contributed by atoms with Crippen LogP contribution in [0.25, 0.3) is 0 Å². The van der Waals surface area contributed by atoms with Gasteiger partial charge >= 0.3 is 0 Å². The second-order valence-corrected chi connectivity index (χ2v) is 6.56. The van der Waals surface area contributed by atoms with Crippen LogP contribution in [0, 0.1) is 6.92 Å². The van der Waals surface area contributed by atoms with Gasteiger partial charge in [-0.15, -0.1) is 0 Å². The van der Waals surface area contributed by atoms with Crippen molar-refractivity contribution in [3.05, 3.63) is 82.9 Å². The molecule has 1 aliphatic heterocycles. The fourth-order valence-electron chi connectivity index (χ4n) is 3.34. The van der Waals surface area contributed by atoms with Crippen LogP contribution < -0.4 is 0 Å². The molecule has 0 saturated carbocycles. The predicted octanol–water partition coefficient (Wildman–Crippen LogP) is 2.68. The van der Waals surface area contributed by atoms with Crippen LogP contribution in [0.1, 0.15) is 34.3 Å². The Morgan fingerprint density at radius 2 is 1.96 bits per heavy atom. The molecule has 3 aromatic rings. The maximum Gasteiger partial charge on any atom is 0.123 e. The van der Waals surface area contributed by atoms with Gasteiger partial charge in [0.2, 0.25) is 0 Å². The number of nitrogens with zero attached hydrogens (tertiary/aromatic N) is 4. The van der Waals surface area contributed by atoms with Gasteiger partial charge in [0, 0.05) is 31.5 Å². The number of hydrogen-bond donors (Lipinski definition) is 1. The quantitative estimate of drug-likeness (QED) is 0.797. The van der Waals surface area contributed by atoms with Crippen LogP contribution in [-0.4, -0.2) is 31.3 Å². The van der Waals surface area contributed by atoms with E-state index in [0.29, 0.717) is 0 Å². The molecule has 5 nitrogen and oxygen atoms in total. The van der Waals surface area contributed by atoms with Crippen LogP contribution in [0.5, 0.6) is 0 Å². The Labute approximate surface area is 147 Å². The van der Waals surface area contributed by atoms with Crippen molar-refractivity contribution in [2.45, 2.75) is 32.7 Å². The zero-order chi connectivity index (χ0) is 17.2. The van der Waals surface area contributed by atoms with E-state index in [-0.39, 0.29) is 0 Å². The molecule has 0 radical (unpaired) electrons. The summed E-state index contributed by atoms with van der Waals surface area (Å²) >= 11 is 0. The van der Waals surface area contributed by atoms with Gasteiger partial charge < -0.3 is 5.11 Å². The van der Waals surface area contributed by atoms with Crippen molar-refractivity contribution in [2.75, 3.05) is 6.54 Å². The van der Waals surface area contributed by atoms with E-state index in [4.69, 9.17) is 0 Å². The van der Waals surface area contributed by atoms with Crippen LogP contribution in [-0.2, 0) is 19.6 Å². The molecule has 1 atom stereocenters. The number of aryl methyl sites for hydroxylation is 1. The summed E-state index contributed by atoms with van der Waals surface area (Å²) in [6.07, 6.45) is 1.16. The van der Waals surface area contributed by atoms with Gasteiger partial charge in [-0.2, -0.15) is 5.10 Å². The highest BCUT2D eigenvalue weighted by Crippen LogP contribution is 2.24. The number of benzene rings is 1.